The second-order valence-corrected chi connectivity index (χ2v) is 7.17. The number of amides is 1. The molecule has 0 aliphatic rings. The van der Waals surface area contributed by atoms with Gasteiger partial charge in [-0.3, -0.25) is 14.5 Å². The fourth-order valence-electron chi connectivity index (χ4n) is 3.13. The molecule has 2 aromatic rings. The average Bonchev–Trinajstić information content (AvgIpc) is 2.92. The minimum Gasteiger partial charge on any atom is -0.355 e. The number of carbonyl (C=O) groups is 1. The Hall–Kier alpha value is -2.90. The maximum absolute atomic E-state index is 12.9. The Balaban J connectivity index is 1.71. The van der Waals surface area contributed by atoms with Gasteiger partial charge < -0.3 is 16.0 Å². The summed E-state index contributed by atoms with van der Waals surface area (Å²) in [5.74, 6) is 0.280. The van der Waals surface area contributed by atoms with Crippen molar-refractivity contribution >= 4 is 11.9 Å². The zero-order valence-electron chi connectivity index (χ0n) is 17.8. The van der Waals surface area contributed by atoms with Gasteiger partial charge in [0.2, 0.25) is 5.91 Å². The van der Waals surface area contributed by atoms with Crippen molar-refractivity contribution in [3.8, 4) is 0 Å². The molecule has 8 heteroatoms. The first-order valence-corrected chi connectivity index (χ1v) is 9.77. The van der Waals surface area contributed by atoms with Gasteiger partial charge in [0.1, 0.15) is 5.82 Å². The van der Waals surface area contributed by atoms with E-state index in [0.29, 0.717) is 19.0 Å². The van der Waals surface area contributed by atoms with E-state index in [1.807, 2.05) is 18.7 Å². The van der Waals surface area contributed by atoms with Crippen LogP contribution >= 0.6 is 0 Å². The van der Waals surface area contributed by atoms with Crippen molar-refractivity contribution in [2.75, 3.05) is 20.1 Å². The number of nitrogens with zero attached hydrogens (tertiary/aromatic N) is 3. The molecule has 1 heterocycles. The lowest BCUT2D eigenvalue weighted by Gasteiger charge is -2.18. The molecule has 1 aromatic carbocycles. The standard InChI is InChI=1S/C21H31FN6O/c1-14(12-19-15(2)27-28(5)16(19)3)26-21(23-4)25-11-10-24-20(29)13-17-6-8-18(22)9-7-17/h6-9,14H,10-13H2,1-5H3,(H,24,29)(H2,23,25,26). The van der Waals surface area contributed by atoms with Gasteiger partial charge in [0.05, 0.1) is 12.1 Å². The Morgan fingerprint density at radius 1 is 1.21 bits per heavy atom. The van der Waals surface area contributed by atoms with Crippen LogP contribution in [0.2, 0.25) is 0 Å². The van der Waals surface area contributed by atoms with Crippen LogP contribution in [0.5, 0.6) is 0 Å². The molecule has 2 rings (SSSR count). The number of benzene rings is 1. The second-order valence-electron chi connectivity index (χ2n) is 7.17. The molecule has 1 amide bonds. The maximum Gasteiger partial charge on any atom is 0.224 e. The molecule has 0 aliphatic carbocycles. The van der Waals surface area contributed by atoms with Crippen LogP contribution in [0.1, 0.15) is 29.4 Å². The molecule has 1 aromatic heterocycles. The number of aliphatic imine (C=N–C) groups is 1. The highest BCUT2D eigenvalue weighted by atomic mass is 19.1. The first-order valence-electron chi connectivity index (χ1n) is 9.77. The molecule has 0 saturated carbocycles. The van der Waals surface area contributed by atoms with E-state index in [2.05, 4.69) is 39.9 Å². The number of aromatic nitrogens is 2. The van der Waals surface area contributed by atoms with Crippen molar-refractivity contribution < 1.29 is 9.18 Å². The van der Waals surface area contributed by atoms with Crippen LogP contribution in [-0.4, -0.2) is 47.8 Å². The zero-order valence-corrected chi connectivity index (χ0v) is 17.8. The SMILES string of the molecule is CN=C(NCCNC(=O)Cc1ccc(F)cc1)NC(C)Cc1c(C)nn(C)c1C. The van der Waals surface area contributed by atoms with Crippen LogP contribution in [0.3, 0.4) is 0 Å². The van der Waals surface area contributed by atoms with Crippen molar-refractivity contribution in [3.05, 3.63) is 52.6 Å². The van der Waals surface area contributed by atoms with Gasteiger partial charge in [-0.25, -0.2) is 4.39 Å². The maximum atomic E-state index is 12.9. The molecule has 0 fully saturated rings. The van der Waals surface area contributed by atoms with E-state index in [0.717, 1.165) is 17.7 Å². The van der Waals surface area contributed by atoms with Gasteiger partial charge in [0.15, 0.2) is 5.96 Å². The van der Waals surface area contributed by atoms with Crippen LogP contribution in [0.25, 0.3) is 0 Å². The molecule has 3 N–H and O–H groups in total. The van der Waals surface area contributed by atoms with E-state index in [9.17, 15) is 9.18 Å². The Morgan fingerprint density at radius 3 is 2.45 bits per heavy atom. The Labute approximate surface area is 171 Å². The van der Waals surface area contributed by atoms with Crippen molar-refractivity contribution in [3.63, 3.8) is 0 Å². The molecule has 7 nitrogen and oxygen atoms in total. The quantitative estimate of drug-likeness (QED) is 0.356. The minimum absolute atomic E-state index is 0.0998. The smallest absolute Gasteiger partial charge is 0.224 e. The Bertz CT molecular complexity index is 844. The zero-order chi connectivity index (χ0) is 21.4. The molecule has 0 radical (unpaired) electrons. The molecule has 0 spiro atoms. The van der Waals surface area contributed by atoms with Gasteiger partial charge in [0, 0.05) is 38.9 Å². The van der Waals surface area contributed by atoms with Crippen LogP contribution in [0, 0.1) is 19.7 Å². The highest BCUT2D eigenvalue weighted by Crippen LogP contribution is 2.14. The highest BCUT2D eigenvalue weighted by molar-refractivity contribution is 5.80. The van der Waals surface area contributed by atoms with Gasteiger partial charge in [-0.2, -0.15) is 5.10 Å². The summed E-state index contributed by atoms with van der Waals surface area (Å²) in [6.45, 7) is 7.21. The number of halogens is 1. The molecule has 1 unspecified atom stereocenters. The number of guanidine groups is 1. The fourth-order valence-corrected chi connectivity index (χ4v) is 3.13. The van der Waals surface area contributed by atoms with Crippen molar-refractivity contribution in [1.29, 1.82) is 0 Å². The largest absolute Gasteiger partial charge is 0.355 e. The molecule has 0 aliphatic heterocycles. The number of hydrogen-bond donors (Lipinski definition) is 3. The van der Waals surface area contributed by atoms with Gasteiger partial charge in [-0.05, 0) is 50.5 Å². The van der Waals surface area contributed by atoms with Crippen molar-refractivity contribution in [1.82, 2.24) is 25.7 Å². The summed E-state index contributed by atoms with van der Waals surface area (Å²) >= 11 is 0. The molecule has 158 valence electrons. The summed E-state index contributed by atoms with van der Waals surface area (Å²) in [7, 11) is 3.67. The molecule has 0 saturated heterocycles. The number of rotatable bonds is 8. The van der Waals surface area contributed by atoms with E-state index in [4.69, 9.17) is 0 Å². The Morgan fingerprint density at radius 2 is 1.86 bits per heavy atom. The number of nitrogens with one attached hydrogen (secondary N) is 3. The molecule has 0 bridgehead atoms. The first-order chi connectivity index (χ1) is 13.8. The van der Waals surface area contributed by atoms with Crippen LogP contribution < -0.4 is 16.0 Å². The van der Waals surface area contributed by atoms with E-state index < -0.39 is 0 Å². The third kappa shape index (κ3) is 6.89. The predicted molar refractivity (Wildman–Crippen MR) is 113 cm³/mol. The van der Waals surface area contributed by atoms with Crippen molar-refractivity contribution in [2.45, 2.75) is 39.7 Å². The molecular weight excluding hydrogens is 371 g/mol. The number of hydrogen-bond acceptors (Lipinski definition) is 3. The van der Waals surface area contributed by atoms with Crippen LogP contribution in [-0.2, 0) is 24.7 Å². The number of aryl methyl sites for hydroxylation is 2. The van der Waals surface area contributed by atoms with Crippen LogP contribution in [0.15, 0.2) is 29.3 Å². The second kappa shape index (κ2) is 10.6. The summed E-state index contributed by atoms with van der Waals surface area (Å²) in [5, 5.41) is 13.9. The summed E-state index contributed by atoms with van der Waals surface area (Å²) < 4.78 is 14.8. The minimum atomic E-state index is -0.305. The van der Waals surface area contributed by atoms with Gasteiger partial charge in [-0.15, -0.1) is 0 Å². The van der Waals surface area contributed by atoms with Crippen molar-refractivity contribution in [2.24, 2.45) is 12.0 Å². The van der Waals surface area contributed by atoms with E-state index in [-0.39, 0.29) is 24.2 Å². The monoisotopic (exact) mass is 402 g/mol. The first kappa shape index (κ1) is 22.4. The van der Waals surface area contributed by atoms with E-state index in [1.54, 1.807) is 19.2 Å². The fraction of sp³-hybridized carbons (Fsp3) is 0.476. The molecule has 29 heavy (non-hydrogen) atoms. The summed E-state index contributed by atoms with van der Waals surface area (Å²) in [6, 6.07) is 6.12. The Kier molecular flexibility index (Phi) is 8.18. The number of carbonyl (C=O) groups excluding carboxylic acids is 1. The molecule has 1 atom stereocenters. The van der Waals surface area contributed by atoms with Gasteiger partial charge in [-0.1, -0.05) is 12.1 Å². The lowest BCUT2D eigenvalue weighted by atomic mass is 10.1. The van der Waals surface area contributed by atoms with Gasteiger partial charge in [0.25, 0.3) is 0 Å². The topological polar surface area (TPSA) is 83.3 Å². The van der Waals surface area contributed by atoms with E-state index in [1.165, 1.54) is 23.4 Å². The van der Waals surface area contributed by atoms with Gasteiger partial charge >= 0.3 is 0 Å². The third-order valence-corrected chi connectivity index (χ3v) is 4.79. The lowest BCUT2D eigenvalue weighted by molar-refractivity contribution is -0.120. The lowest BCUT2D eigenvalue weighted by Crippen LogP contribution is -2.45. The summed E-state index contributed by atoms with van der Waals surface area (Å²) in [5.41, 5.74) is 4.24. The third-order valence-electron chi connectivity index (χ3n) is 4.79. The summed E-state index contributed by atoms with van der Waals surface area (Å²) in [6.07, 6.45) is 1.08. The molecular formula is C21H31FN6O. The highest BCUT2D eigenvalue weighted by Gasteiger charge is 2.14. The van der Waals surface area contributed by atoms with Crippen LogP contribution in [0.4, 0.5) is 4.39 Å². The predicted octanol–water partition coefficient (Wildman–Crippen LogP) is 1.63. The normalized spacial score (nSPS) is 12.6. The average molecular weight is 403 g/mol. The van der Waals surface area contributed by atoms with E-state index >= 15 is 0 Å². The summed E-state index contributed by atoms with van der Waals surface area (Å²) in [4.78, 5) is 16.2.